The molecule has 0 rings (SSSR count). The minimum absolute atomic E-state index is 0.101. The van der Waals surface area contributed by atoms with Crippen molar-refractivity contribution >= 4 is 5.91 Å². The zero-order chi connectivity index (χ0) is 9.40. The third-order valence-corrected chi connectivity index (χ3v) is 1.87. The maximum atomic E-state index is 10.4. The second kappa shape index (κ2) is 7.06. The van der Waals surface area contributed by atoms with Crippen LogP contribution < -0.4 is 5.73 Å². The normalized spacial score (nSPS) is 10.6. The van der Waals surface area contributed by atoms with E-state index in [0.29, 0.717) is 25.7 Å². The van der Waals surface area contributed by atoms with Crippen molar-refractivity contribution < 1.29 is 15.0 Å². The zero-order valence-electron chi connectivity index (χ0n) is 7.20. The van der Waals surface area contributed by atoms with Crippen molar-refractivity contribution in [2.24, 2.45) is 11.7 Å². The van der Waals surface area contributed by atoms with E-state index in [9.17, 15) is 4.79 Å². The van der Waals surface area contributed by atoms with Crippen LogP contribution in [0, 0.1) is 5.92 Å². The lowest BCUT2D eigenvalue weighted by atomic mass is 9.96. The van der Waals surface area contributed by atoms with Crippen LogP contribution in [-0.2, 0) is 4.79 Å². The number of hydrogen-bond acceptors (Lipinski definition) is 3. The van der Waals surface area contributed by atoms with Gasteiger partial charge < -0.3 is 15.9 Å². The number of aliphatic hydroxyl groups excluding tert-OH is 2. The summed E-state index contributed by atoms with van der Waals surface area (Å²) < 4.78 is 0. The van der Waals surface area contributed by atoms with Gasteiger partial charge in [0.25, 0.3) is 0 Å². The molecule has 4 N–H and O–H groups in total. The lowest BCUT2D eigenvalue weighted by molar-refractivity contribution is -0.118. The molecule has 0 saturated heterocycles. The van der Waals surface area contributed by atoms with Crippen molar-refractivity contribution in [1.82, 2.24) is 0 Å². The van der Waals surface area contributed by atoms with Gasteiger partial charge in [-0.1, -0.05) is 0 Å². The fraction of sp³-hybridized carbons (Fsp3) is 0.875. The summed E-state index contributed by atoms with van der Waals surface area (Å²) in [5, 5.41) is 17.3. The zero-order valence-corrected chi connectivity index (χ0v) is 7.20. The Hall–Kier alpha value is -0.610. The van der Waals surface area contributed by atoms with Crippen LogP contribution in [0.4, 0.5) is 0 Å². The first kappa shape index (κ1) is 11.4. The number of amides is 1. The van der Waals surface area contributed by atoms with Crippen LogP contribution in [0.25, 0.3) is 0 Å². The predicted molar refractivity (Wildman–Crippen MR) is 45.3 cm³/mol. The molecule has 0 radical (unpaired) electrons. The molecule has 0 aromatic rings. The third-order valence-electron chi connectivity index (χ3n) is 1.87. The quantitative estimate of drug-likeness (QED) is 0.493. The van der Waals surface area contributed by atoms with Crippen LogP contribution in [-0.4, -0.2) is 29.3 Å². The maximum absolute atomic E-state index is 10.4. The van der Waals surface area contributed by atoms with Gasteiger partial charge in [0, 0.05) is 19.6 Å². The van der Waals surface area contributed by atoms with Crippen molar-refractivity contribution in [2.45, 2.75) is 25.7 Å². The van der Waals surface area contributed by atoms with E-state index in [1.807, 2.05) is 0 Å². The Balaban J connectivity index is 3.54. The van der Waals surface area contributed by atoms with Crippen LogP contribution in [0.15, 0.2) is 0 Å². The number of carbonyl (C=O) groups excluding carboxylic acids is 1. The highest BCUT2D eigenvalue weighted by molar-refractivity contribution is 5.73. The molecule has 72 valence electrons. The first-order chi connectivity index (χ1) is 5.70. The molecular weight excluding hydrogens is 158 g/mol. The van der Waals surface area contributed by atoms with Gasteiger partial charge in [-0.2, -0.15) is 0 Å². The molecule has 1 amide bonds. The number of hydrogen-bond donors (Lipinski definition) is 3. The average Bonchev–Trinajstić information content (AvgIpc) is 2.01. The summed E-state index contributed by atoms with van der Waals surface area (Å²) in [5.41, 5.74) is 4.97. The van der Waals surface area contributed by atoms with Crippen LogP contribution >= 0.6 is 0 Å². The molecule has 0 fully saturated rings. The number of carbonyl (C=O) groups is 1. The molecule has 4 nitrogen and oxygen atoms in total. The van der Waals surface area contributed by atoms with Gasteiger partial charge in [0.05, 0.1) is 0 Å². The summed E-state index contributed by atoms with van der Waals surface area (Å²) in [5.74, 6) is -0.108. The Bertz CT molecular complexity index is 121. The highest BCUT2D eigenvalue weighted by Crippen LogP contribution is 2.14. The molecule has 0 heterocycles. The minimum atomic E-state index is -0.323. The van der Waals surface area contributed by atoms with E-state index in [2.05, 4.69) is 0 Å². The molecule has 0 saturated carbocycles. The summed E-state index contributed by atoms with van der Waals surface area (Å²) in [6.07, 6.45) is 2.27. The van der Waals surface area contributed by atoms with Crippen LogP contribution in [0.1, 0.15) is 25.7 Å². The van der Waals surface area contributed by atoms with Gasteiger partial charge in [0.2, 0.25) is 5.91 Å². The Labute approximate surface area is 72.4 Å². The van der Waals surface area contributed by atoms with Gasteiger partial charge in [-0.25, -0.2) is 0 Å². The van der Waals surface area contributed by atoms with E-state index in [4.69, 9.17) is 15.9 Å². The van der Waals surface area contributed by atoms with E-state index >= 15 is 0 Å². The SMILES string of the molecule is NC(=O)CCC(CCO)CCO. The fourth-order valence-electron chi connectivity index (χ4n) is 1.14. The summed E-state index contributed by atoms with van der Waals surface area (Å²) in [7, 11) is 0. The van der Waals surface area contributed by atoms with Crippen molar-refractivity contribution in [2.75, 3.05) is 13.2 Å². The summed E-state index contributed by atoms with van der Waals surface area (Å²) >= 11 is 0. The molecule has 0 aromatic carbocycles. The Morgan fingerprint density at radius 1 is 1.17 bits per heavy atom. The summed E-state index contributed by atoms with van der Waals surface area (Å²) in [6, 6.07) is 0. The van der Waals surface area contributed by atoms with Gasteiger partial charge in [-0.05, 0) is 25.2 Å². The number of rotatable bonds is 7. The van der Waals surface area contributed by atoms with E-state index in [-0.39, 0.29) is 25.0 Å². The standard InChI is InChI=1S/C8H17NO3/c9-8(12)2-1-7(3-5-10)4-6-11/h7,10-11H,1-6H2,(H2,9,12). The minimum Gasteiger partial charge on any atom is -0.396 e. The van der Waals surface area contributed by atoms with Crippen molar-refractivity contribution in [3.8, 4) is 0 Å². The van der Waals surface area contributed by atoms with Crippen molar-refractivity contribution in [1.29, 1.82) is 0 Å². The molecule has 12 heavy (non-hydrogen) atoms. The monoisotopic (exact) mass is 175 g/mol. The molecule has 0 spiro atoms. The highest BCUT2D eigenvalue weighted by atomic mass is 16.3. The van der Waals surface area contributed by atoms with Gasteiger partial charge in [0.1, 0.15) is 0 Å². The third kappa shape index (κ3) is 6.12. The summed E-state index contributed by atoms with van der Waals surface area (Å²) in [4.78, 5) is 10.4. The van der Waals surface area contributed by atoms with Crippen LogP contribution in [0.2, 0.25) is 0 Å². The molecule has 0 bridgehead atoms. The van der Waals surface area contributed by atoms with Crippen LogP contribution in [0.5, 0.6) is 0 Å². The highest BCUT2D eigenvalue weighted by Gasteiger charge is 2.08. The molecule has 0 aliphatic carbocycles. The molecule has 4 heteroatoms. The molecule has 0 aliphatic heterocycles. The first-order valence-electron chi connectivity index (χ1n) is 4.20. The van der Waals surface area contributed by atoms with Gasteiger partial charge in [0.15, 0.2) is 0 Å². The number of aliphatic hydroxyl groups is 2. The lowest BCUT2D eigenvalue weighted by Crippen LogP contribution is -2.14. The second-order valence-electron chi connectivity index (χ2n) is 2.90. The second-order valence-corrected chi connectivity index (χ2v) is 2.90. The molecule has 0 aromatic heterocycles. The van der Waals surface area contributed by atoms with Gasteiger partial charge >= 0.3 is 0 Å². The van der Waals surface area contributed by atoms with E-state index < -0.39 is 0 Å². The topological polar surface area (TPSA) is 83.6 Å². The first-order valence-corrected chi connectivity index (χ1v) is 4.20. The Kier molecular flexibility index (Phi) is 6.70. The number of nitrogens with two attached hydrogens (primary N) is 1. The van der Waals surface area contributed by atoms with Gasteiger partial charge in [-0.15, -0.1) is 0 Å². The summed E-state index contributed by atoms with van der Waals surface area (Å²) in [6.45, 7) is 0.201. The molecule has 0 atom stereocenters. The van der Waals surface area contributed by atoms with Crippen molar-refractivity contribution in [3.05, 3.63) is 0 Å². The molecule has 0 aliphatic rings. The van der Waals surface area contributed by atoms with Gasteiger partial charge in [-0.3, -0.25) is 4.79 Å². The van der Waals surface area contributed by atoms with Crippen LogP contribution in [0.3, 0.4) is 0 Å². The number of primary amides is 1. The predicted octanol–water partition coefficient (Wildman–Crippen LogP) is -0.367. The fourth-order valence-corrected chi connectivity index (χ4v) is 1.14. The molecular formula is C8H17NO3. The van der Waals surface area contributed by atoms with E-state index in [1.165, 1.54) is 0 Å². The van der Waals surface area contributed by atoms with Crippen molar-refractivity contribution in [3.63, 3.8) is 0 Å². The molecule has 0 unspecified atom stereocenters. The Morgan fingerprint density at radius 3 is 2.00 bits per heavy atom. The smallest absolute Gasteiger partial charge is 0.217 e. The average molecular weight is 175 g/mol. The van der Waals surface area contributed by atoms with E-state index in [1.54, 1.807) is 0 Å². The Morgan fingerprint density at radius 2 is 1.67 bits per heavy atom. The maximum Gasteiger partial charge on any atom is 0.217 e. The largest absolute Gasteiger partial charge is 0.396 e. The lowest BCUT2D eigenvalue weighted by Gasteiger charge is -2.12. The van der Waals surface area contributed by atoms with E-state index in [0.717, 1.165) is 0 Å².